The summed E-state index contributed by atoms with van der Waals surface area (Å²) in [6.45, 7) is 3.26. The summed E-state index contributed by atoms with van der Waals surface area (Å²) in [6.07, 6.45) is 0. The van der Waals surface area contributed by atoms with E-state index in [1.165, 1.54) is 0 Å². The van der Waals surface area contributed by atoms with Crippen LogP contribution in [-0.4, -0.2) is 31.0 Å². The third kappa shape index (κ3) is 4.63. The van der Waals surface area contributed by atoms with Crippen molar-refractivity contribution in [2.24, 2.45) is 5.73 Å². The largest absolute Gasteiger partial charge is 0.497 e. The average molecular weight is 259 g/mol. The highest BCUT2D eigenvalue weighted by molar-refractivity contribution is 5.85. The number of hydrogen-bond donors (Lipinski definition) is 1. The molecule has 0 aliphatic carbocycles. The molecule has 1 amide bonds. The molecular weight excluding hydrogens is 240 g/mol. The zero-order valence-corrected chi connectivity index (χ0v) is 11.0. The number of carbonyl (C=O) groups excluding carboxylic acids is 1. The Morgan fingerprint density at radius 2 is 1.94 bits per heavy atom. The van der Waals surface area contributed by atoms with Crippen LogP contribution >= 0.6 is 12.4 Å². The number of rotatable bonds is 5. The van der Waals surface area contributed by atoms with Gasteiger partial charge >= 0.3 is 0 Å². The van der Waals surface area contributed by atoms with Crippen LogP contribution in [-0.2, 0) is 11.3 Å². The van der Waals surface area contributed by atoms with Crippen molar-refractivity contribution in [2.45, 2.75) is 13.5 Å². The number of methoxy groups -OCH3 is 1. The SMILES string of the molecule is CCN(Cc1ccc(OC)cc1)C(=O)CN.Cl. The first-order valence-corrected chi connectivity index (χ1v) is 5.32. The predicted octanol–water partition coefficient (Wildman–Crippen LogP) is 1.42. The highest BCUT2D eigenvalue weighted by Gasteiger charge is 2.09. The lowest BCUT2D eigenvalue weighted by Gasteiger charge is -2.20. The van der Waals surface area contributed by atoms with E-state index >= 15 is 0 Å². The van der Waals surface area contributed by atoms with Crippen molar-refractivity contribution >= 4 is 18.3 Å². The van der Waals surface area contributed by atoms with Gasteiger partial charge in [0.05, 0.1) is 13.7 Å². The summed E-state index contributed by atoms with van der Waals surface area (Å²) in [7, 11) is 1.63. The van der Waals surface area contributed by atoms with Gasteiger partial charge < -0.3 is 15.4 Å². The maximum absolute atomic E-state index is 11.4. The number of hydrogen-bond acceptors (Lipinski definition) is 3. The molecule has 0 bridgehead atoms. The molecule has 0 aliphatic rings. The third-order valence-electron chi connectivity index (χ3n) is 2.44. The Balaban J connectivity index is 0.00000256. The van der Waals surface area contributed by atoms with Crippen LogP contribution in [0.2, 0.25) is 0 Å². The molecule has 1 aromatic rings. The standard InChI is InChI=1S/C12H18N2O2.ClH/c1-3-14(12(15)8-13)9-10-4-6-11(16-2)7-5-10;/h4-7H,3,8-9,13H2,1-2H3;1H. The van der Waals surface area contributed by atoms with E-state index in [2.05, 4.69) is 0 Å². The van der Waals surface area contributed by atoms with Gasteiger partial charge in [0.15, 0.2) is 0 Å². The lowest BCUT2D eigenvalue weighted by molar-refractivity contribution is -0.130. The van der Waals surface area contributed by atoms with Crippen molar-refractivity contribution in [2.75, 3.05) is 20.2 Å². The minimum Gasteiger partial charge on any atom is -0.497 e. The number of carbonyl (C=O) groups is 1. The van der Waals surface area contributed by atoms with Crippen molar-refractivity contribution in [1.82, 2.24) is 4.90 Å². The number of nitrogens with two attached hydrogens (primary N) is 1. The molecule has 5 heteroatoms. The van der Waals surface area contributed by atoms with Crippen LogP contribution in [0.1, 0.15) is 12.5 Å². The van der Waals surface area contributed by atoms with E-state index in [-0.39, 0.29) is 24.9 Å². The number of nitrogens with zero attached hydrogens (tertiary/aromatic N) is 1. The van der Waals surface area contributed by atoms with Gasteiger partial charge in [0, 0.05) is 13.1 Å². The van der Waals surface area contributed by atoms with Gasteiger partial charge in [-0.2, -0.15) is 0 Å². The van der Waals surface area contributed by atoms with Gasteiger partial charge in [-0.25, -0.2) is 0 Å². The van der Waals surface area contributed by atoms with Gasteiger partial charge in [0.25, 0.3) is 0 Å². The summed E-state index contributed by atoms with van der Waals surface area (Å²) in [6, 6.07) is 7.67. The molecule has 0 aliphatic heterocycles. The Morgan fingerprint density at radius 1 is 1.35 bits per heavy atom. The Bertz CT molecular complexity index is 341. The monoisotopic (exact) mass is 258 g/mol. The Hall–Kier alpha value is -1.26. The van der Waals surface area contributed by atoms with Gasteiger partial charge in [0.2, 0.25) is 5.91 Å². The van der Waals surface area contributed by atoms with Crippen molar-refractivity contribution in [3.63, 3.8) is 0 Å². The lowest BCUT2D eigenvalue weighted by Crippen LogP contribution is -2.35. The van der Waals surface area contributed by atoms with Crippen LogP contribution in [0.25, 0.3) is 0 Å². The predicted molar refractivity (Wildman–Crippen MR) is 70.4 cm³/mol. The van der Waals surface area contributed by atoms with Crippen molar-refractivity contribution in [3.05, 3.63) is 29.8 Å². The van der Waals surface area contributed by atoms with Crippen LogP contribution in [0.5, 0.6) is 5.75 Å². The fraction of sp³-hybridized carbons (Fsp3) is 0.417. The molecule has 96 valence electrons. The minimum absolute atomic E-state index is 0. The molecular formula is C12H19ClN2O2. The molecule has 0 unspecified atom stereocenters. The lowest BCUT2D eigenvalue weighted by atomic mass is 10.2. The van der Waals surface area contributed by atoms with Crippen LogP contribution in [0.15, 0.2) is 24.3 Å². The number of benzene rings is 1. The quantitative estimate of drug-likeness (QED) is 0.869. The fourth-order valence-electron chi connectivity index (χ4n) is 1.46. The Kier molecular flexibility index (Phi) is 7.34. The number of likely N-dealkylation sites (N-methyl/N-ethyl adjacent to an activating group) is 1. The molecule has 0 heterocycles. The summed E-state index contributed by atoms with van der Waals surface area (Å²) in [5, 5.41) is 0. The average Bonchev–Trinajstić information content (AvgIpc) is 2.35. The van der Waals surface area contributed by atoms with E-state index in [1.54, 1.807) is 12.0 Å². The van der Waals surface area contributed by atoms with E-state index in [1.807, 2.05) is 31.2 Å². The van der Waals surface area contributed by atoms with E-state index in [0.29, 0.717) is 13.1 Å². The zero-order valence-electron chi connectivity index (χ0n) is 10.2. The molecule has 0 radical (unpaired) electrons. The summed E-state index contributed by atoms with van der Waals surface area (Å²) in [4.78, 5) is 13.2. The summed E-state index contributed by atoms with van der Waals surface area (Å²) < 4.78 is 5.07. The maximum Gasteiger partial charge on any atom is 0.236 e. The van der Waals surface area contributed by atoms with Crippen LogP contribution in [0, 0.1) is 0 Å². The molecule has 0 saturated carbocycles. The minimum atomic E-state index is -0.0293. The highest BCUT2D eigenvalue weighted by Crippen LogP contribution is 2.12. The molecule has 0 atom stereocenters. The van der Waals surface area contributed by atoms with Crippen LogP contribution in [0.3, 0.4) is 0 Å². The second-order valence-corrected chi connectivity index (χ2v) is 3.46. The summed E-state index contributed by atoms with van der Waals surface area (Å²) in [5.41, 5.74) is 6.41. The fourth-order valence-corrected chi connectivity index (χ4v) is 1.46. The zero-order chi connectivity index (χ0) is 12.0. The van der Waals surface area contributed by atoms with Gasteiger partial charge in [0.1, 0.15) is 5.75 Å². The van der Waals surface area contributed by atoms with Crippen LogP contribution in [0.4, 0.5) is 0 Å². The maximum atomic E-state index is 11.4. The second kappa shape index (κ2) is 7.92. The summed E-state index contributed by atoms with van der Waals surface area (Å²) >= 11 is 0. The normalized spacial score (nSPS) is 9.35. The van der Waals surface area contributed by atoms with Gasteiger partial charge in [-0.05, 0) is 24.6 Å². The number of amides is 1. The van der Waals surface area contributed by atoms with Crippen molar-refractivity contribution < 1.29 is 9.53 Å². The first kappa shape index (κ1) is 15.7. The van der Waals surface area contributed by atoms with Gasteiger partial charge in [-0.15, -0.1) is 12.4 Å². The summed E-state index contributed by atoms with van der Waals surface area (Å²) in [5.74, 6) is 0.787. The van der Waals surface area contributed by atoms with Crippen LogP contribution < -0.4 is 10.5 Å². The van der Waals surface area contributed by atoms with E-state index in [9.17, 15) is 4.79 Å². The molecule has 0 spiro atoms. The Morgan fingerprint density at radius 3 is 2.35 bits per heavy atom. The number of ether oxygens (including phenoxy) is 1. The first-order valence-electron chi connectivity index (χ1n) is 5.32. The van der Waals surface area contributed by atoms with E-state index < -0.39 is 0 Å². The molecule has 1 aromatic carbocycles. The highest BCUT2D eigenvalue weighted by atomic mass is 35.5. The molecule has 2 N–H and O–H groups in total. The number of halogens is 1. The van der Waals surface area contributed by atoms with Crippen molar-refractivity contribution in [1.29, 1.82) is 0 Å². The smallest absolute Gasteiger partial charge is 0.236 e. The molecule has 17 heavy (non-hydrogen) atoms. The van der Waals surface area contributed by atoms with Gasteiger partial charge in [-0.1, -0.05) is 12.1 Å². The topological polar surface area (TPSA) is 55.6 Å². The second-order valence-electron chi connectivity index (χ2n) is 3.46. The third-order valence-corrected chi connectivity index (χ3v) is 2.44. The first-order chi connectivity index (χ1) is 7.71. The van der Waals surface area contributed by atoms with E-state index in [0.717, 1.165) is 11.3 Å². The molecule has 1 rings (SSSR count). The van der Waals surface area contributed by atoms with E-state index in [4.69, 9.17) is 10.5 Å². The Labute approximate surface area is 108 Å². The molecule has 0 fully saturated rings. The molecule has 0 aromatic heterocycles. The molecule has 0 saturated heterocycles. The van der Waals surface area contributed by atoms with Crippen molar-refractivity contribution in [3.8, 4) is 5.75 Å². The van der Waals surface area contributed by atoms with Gasteiger partial charge in [-0.3, -0.25) is 4.79 Å². The molecule has 4 nitrogen and oxygen atoms in total.